The number of fused-ring (bicyclic) bond motifs is 9. The molecule has 218 valence electrons. The van der Waals surface area contributed by atoms with Crippen LogP contribution in [-0.4, -0.2) is 0 Å². The second-order valence-corrected chi connectivity index (χ2v) is 14.5. The van der Waals surface area contributed by atoms with Crippen molar-refractivity contribution < 1.29 is 4.42 Å². The quantitative estimate of drug-likeness (QED) is 0.201. The van der Waals surface area contributed by atoms with E-state index in [2.05, 4.69) is 160 Å². The molecule has 8 aromatic rings. The van der Waals surface area contributed by atoms with Crippen LogP contribution in [0.25, 0.3) is 53.2 Å². The zero-order valence-corrected chi connectivity index (χ0v) is 26.7. The van der Waals surface area contributed by atoms with Crippen LogP contribution in [0.1, 0.15) is 38.8 Å². The summed E-state index contributed by atoms with van der Waals surface area (Å²) in [6.07, 6.45) is 0. The molecule has 0 unspecified atom stereocenters. The first-order valence-electron chi connectivity index (χ1n) is 15.7. The minimum absolute atomic E-state index is 0.0243. The molecule has 0 bridgehead atoms. The van der Waals surface area contributed by atoms with E-state index < -0.39 is 0 Å². The van der Waals surface area contributed by atoms with Crippen molar-refractivity contribution in [3.05, 3.63) is 139 Å². The Hall–Kier alpha value is -4.86. The zero-order valence-electron chi connectivity index (χ0n) is 25.9. The number of hydrogen-bond donors (Lipinski definition) is 0. The summed E-state index contributed by atoms with van der Waals surface area (Å²) in [6.45, 7) is 9.55. The second-order valence-electron chi connectivity index (χ2n) is 13.4. The van der Waals surface area contributed by atoms with Crippen molar-refractivity contribution in [3.8, 4) is 11.1 Å². The van der Waals surface area contributed by atoms with E-state index in [1.165, 1.54) is 47.8 Å². The molecule has 2 aromatic heterocycles. The third-order valence-electron chi connectivity index (χ3n) is 10.6. The van der Waals surface area contributed by atoms with E-state index in [4.69, 9.17) is 4.42 Å². The van der Waals surface area contributed by atoms with Gasteiger partial charge >= 0.3 is 0 Å². The van der Waals surface area contributed by atoms with E-state index in [9.17, 15) is 0 Å². The van der Waals surface area contributed by atoms with Crippen LogP contribution in [0.15, 0.2) is 132 Å². The van der Waals surface area contributed by atoms with Gasteiger partial charge in [0, 0.05) is 48.0 Å². The molecule has 0 saturated carbocycles. The average Bonchev–Trinajstić information content (AvgIpc) is 3.61. The average molecular weight is 600 g/mol. The molecular formula is C42H33NOS. The van der Waals surface area contributed by atoms with E-state index in [1.54, 1.807) is 0 Å². The number of anilines is 3. The summed E-state index contributed by atoms with van der Waals surface area (Å²) in [4.78, 5) is 2.37. The summed E-state index contributed by atoms with van der Waals surface area (Å²) in [5.41, 5.74) is 10.5. The van der Waals surface area contributed by atoms with Crippen molar-refractivity contribution >= 4 is 70.5 Å². The van der Waals surface area contributed by atoms with Gasteiger partial charge in [0.15, 0.2) is 0 Å². The Labute approximate surface area is 267 Å². The molecule has 6 aromatic carbocycles. The Morgan fingerprint density at radius 1 is 0.467 bits per heavy atom. The van der Waals surface area contributed by atoms with Crippen LogP contribution in [0.5, 0.6) is 0 Å². The van der Waals surface area contributed by atoms with E-state index in [0.717, 1.165) is 33.6 Å². The first-order chi connectivity index (χ1) is 21.8. The second kappa shape index (κ2) is 9.32. The van der Waals surface area contributed by atoms with Crippen molar-refractivity contribution in [2.24, 2.45) is 0 Å². The van der Waals surface area contributed by atoms with Gasteiger partial charge in [0.2, 0.25) is 0 Å². The van der Waals surface area contributed by atoms with Crippen molar-refractivity contribution in [2.45, 2.75) is 38.5 Å². The van der Waals surface area contributed by atoms with Crippen molar-refractivity contribution in [1.29, 1.82) is 0 Å². The Kier molecular flexibility index (Phi) is 5.50. The number of para-hydroxylation sites is 1. The van der Waals surface area contributed by atoms with Gasteiger partial charge < -0.3 is 9.32 Å². The maximum atomic E-state index is 6.58. The molecule has 0 atom stereocenters. The topological polar surface area (TPSA) is 16.4 Å². The molecule has 1 aliphatic rings. The molecule has 0 aliphatic heterocycles. The summed E-state index contributed by atoms with van der Waals surface area (Å²) in [5, 5.41) is 4.91. The molecule has 0 fully saturated rings. The van der Waals surface area contributed by atoms with Gasteiger partial charge in [-0.25, -0.2) is 0 Å². The van der Waals surface area contributed by atoms with Gasteiger partial charge in [-0.15, -0.1) is 11.3 Å². The fourth-order valence-electron chi connectivity index (χ4n) is 7.50. The lowest BCUT2D eigenvalue weighted by Crippen LogP contribution is -2.43. The van der Waals surface area contributed by atoms with Crippen LogP contribution >= 0.6 is 11.3 Å². The van der Waals surface area contributed by atoms with Gasteiger partial charge in [-0.1, -0.05) is 88.4 Å². The summed E-state index contributed by atoms with van der Waals surface area (Å²) in [5.74, 6) is 0. The lowest BCUT2D eigenvalue weighted by atomic mass is 9.55. The van der Waals surface area contributed by atoms with Crippen LogP contribution in [0.3, 0.4) is 0 Å². The highest BCUT2D eigenvalue weighted by Gasteiger charge is 2.46. The highest BCUT2D eigenvalue weighted by Crippen LogP contribution is 2.55. The van der Waals surface area contributed by atoms with Crippen molar-refractivity contribution in [3.63, 3.8) is 0 Å². The van der Waals surface area contributed by atoms with Crippen LogP contribution in [-0.2, 0) is 10.8 Å². The SMILES string of the molecule is CC1(C)c2ccccc2-c2cc3oc4ccc(N(c5ccccc5)c5ccc6sc7ccccc7c6c5)cc4c3cc2C1(C)C. The molecule has 2 nitrogen and oxygen atoms in total. The summed E-state index contributed by atoms with van der Waals surface area (Å²) < 4.78 is 9.20. The van der Waals surface area contributed by atoms with Gasteiger partial charge in [-0.05, 0) is 99.8 Å². The number of hydrogen-bond acceptors (Lipinski definition) is 3. The monoisotopic (exact) mass is 599 g/mol. The van der Waals surface area contributed by atoms with E-state index in [1.807, 2.05) is 11.3 Å². The highest BCUT2D eigenvalue weighted by molar-refractivity contribution is 7.25. The standard InChI is InChI=1S/C42H33NOS/c1-41(2)35-16-10-8-14-29(35)31-25-38-33(24-36(31)42(41,3)4)32-22-27(18-20-37(32)44-38)43(26-12-6-5-7-13-26)28-19-21-40-34(23-28)30-15-9-11-17-39(30)45-40/h5-25H,1-4H3. The third kappa shape index (κ3) is 3.74. The molecule has 45 heavy (non-hydrogen) atoms. The number of benzene rings is 6. The molecule has 1 aliphatic carbocycles. The van der Waals surface area contributed by atoms with Gasteiger partial charge in [0.25, 0.3) is 0 Å². The Morgan fingerprint density at radius 3 is 1.96 bits per heavy atom. The maximum absolute atomic E-state index is 6.58. The van der Waals surface area contributed by atoms with Gasteiger partial charge in [0.1, 0.15) is 11.2 Å². The number of furan rings is 1. The summed E-state index contributed by atoms with van der Waals surface area (Å²) >= 11 is 1.85. The zero-order chi connectivity index (χ0) is 30.5. The predicted molar refractivity (Wildman–Crippen MR) is 193 cm³/mol. The van der Waals surface area contributed by atoms with Crippen molar-refractivity contribution in [1.82, 2.24) is 0 Å². The third-order valence-corrected chi connectivity index (χ3v) is 11.8. The van der Waals surface area contributed by atoms with Crippen LogP contribution in [0, 0.1) is 0 Å². The van der Waals surface area contributed by atoms with Crippen LogP contribution in [0.2, 0.25) is 0 Å². The molecule has 9 rings (SSSR count). The minimum Gasteiger partial charge on any atom is -0.456 e. The minimum atomic E-state index is -0.0686. The van der Waals surface area contributed by atoms with Gasteiger partial charge in [-0.3, -0.25) is 0 Å². The molecule has 3 heteroatoms. The molecule has 0 spiro atoms. The molecule has 0 N–H and O–H groups in total. The van der Waals surface area contributed by atoms with E-state index >= 15 is 0 Å². The maximum Gasteiger partial charge on any atom is 0.136 e. The molecular weight excluding hydrogens is 567 g/mol. The van der Waals surface area contributed by atoms with Gasteiger partial charge in [0.05, 0.1) is 0 Å². The van der Waals surface area contributed by atoms with Crippen LogP contribution < -0.4 is 4.90 Å². The lowest BCUT2D eigenvalue weighted by Gasteiger charge is -2.48. The summed E-state index contributed by atoms with van der Waals surface area (Å²) in [6, 6.07) is 46.5. The van der Waals surface area contributed by atoms with Gasteiger partial charge in [-0.2, -0.15) is 0 Å². The normalized spacial score (nSPS) is 15.0. The predicted octanol–water partition coefficient (Wildman–Crippen LogP) is 12.7. The number of thiophene rings is 1. The van der Waals surface area contributed by atoms with E-state index in [0.29, 0.717) is 0 Å². The van der Waals surface area contributed by atoms with Crippen LogP contribution in [0.4, 0.5) is 17.1 Å². The fraction of sp³-hybridized carbons (Fsp3) is 0.143. The number of rotatable bonds is 3. The summed E-state index contributed by atoms with van der Waals surface area (Å²) in [7, 11) is 0. The van der Waals surface area contributed by atoms with Crippen molar-refractivity contribution in [2.75, 3.05) is 4.90 Å². The largest absolute Gasteiger partial charge is 0.456 e. The lowest BCUT2D eigenvalue weighted by molar-refractivity contribution is 0.299. The molecule has 0 radical (unpaired) electrons. The molecule has 0 saturated heterocycles. The van der Waals surface area contributed by atoms with E-state index in [-0.39, 0.29) is 10.8 Å². The Morgan fingerprint density at radius 2 is 1.11 bits per heavy atom. The number of nitrogens with zero attached hydrogens (tertiary/aromatic N) is 1. The Balaban J connectivity index is 1.27. The first kappa shape index (κ1) is 26.5. The highest BCUT2D eigenvalue weighted by atomic mass is 32.1. The first-order valence-corrected chi connectivity index (χ1v) is 16.5. The molecule has 2 heterocycles. The molecule has 0 amide bonds. The Bertz CT molecular complexity index is 2440. The smallest absolute Gasteiger partial charge is 0.136 e. The fourth-order valence-corrected chi connectivity index (χ4v) is 8.59.